The van der Waals surface area contributed by atoms with Gasteiger partial charge >= 0.3 is 0 Å². The summed E-state index contributed by atoms with van der Waals surface area (Å²) in [6.07, 6.45) is -0.0324. The Labute approximate surface area is 37.1 Å². The molecule has 0 aliphatic carbocycles. The maximum atomic E-state index is 10.9. The summed E-state index contributed by atoms with van der Waals surface area (Å²) in [4.78, 5) is 0. The summed E-state index contributed by atoms with van der Waals surface area (Å²) in [6.45, 7) is 3.72. The topological polar surface area (TPSA) is 9.23 Å². The highest BCUT2D eigenvalue weighted by molar-refractivity contribution is 4.34. The third kappa shape index (κ3) is 3.89. The molecule has 0 aromatic carbocycles. The van der Waals surface area contributed by atoms with E-state index in [-0.39, 0.29) is 13.0 Å². The summed E-state index contributed by atoms with van der Waals surface area (Å²) in [5, 5.41) is 0. The van der Waals surface area contributed by atoms with Gasteiger partial charge in [-0.2, -0.15) is 0 Å². The van der Waals surface area contributed by atoms with E-state index in [0.29, 0.717) is 0 Å². The van der Waals surface area contributed by atoms with Gasteiger partial charge in [-0.1, -0.05) is 0 Å². The van der Waals surface area contributed by atoms with Gasteiger partial charge in [0.25, 0.3) is 6.86 Å². The van der Waals surface area contributed by atoms with Crippen LogP contribution in [0.5, 0.6) is 0 Å². The van der Waals surface area contributed by atoms with Crippen molar-refractivity contribution in [2.24, 2.45) is 0 Å². The number of ether oxygens (including phenoxy) is 1. The summed E-state index contributed by atoms with van der Waals surface area (Å²) in [7, 11) is 0. The van der Waals surface area contributed by atoms with Crippen LogP contribution in [0.2, 0.25) is 0 Å². The lowest BCUT2D eigenvalue weighted by atomic mass is 10.5. The predicted octanol–water partition coefficient (Wildman–Crippen LogP) is 1.50. The number of hydrogen-bond donors (Lipinski definition) is 0. The van der Waals surface area contributed by atoms with Gasteiger partial charge in [-0.15, -0.1) is 0 Å². The zero-order chi connectivity index (χ0) is 4.99. The first-order valence-corrected chi connectivity index (χ1v) is 1.84. The van der Waals surface area contributed by atoms with Gasteiger partial charge in [0.15, 0.2) is 0 Å². The van der Waals surface area contributed by atoms with Crippen molar-refractivity contribution >= 4 is 0 Å². The third-order valence-electron chi connectivity index (χ3n) is 0.324. The van der Waals surface area contributed by atoms with E-state index in [4.69, 9.17) is 0 Å². The molecule has 37 valence electrons. The minimum absolute atomic E-state index is 0.0324. The maximum absolute atomic E-state index is 10.9. The lowest BCUT2D eigenvalue weighted by Gasteiger charge is -1.96. The molecule has 0 spiro atoms. The van der Waals surface area contributed by atoms with Crippen LogP contribution in [0.15, 0.2) is 0 Å². The van der Waals surface area contributed by atoms with Gasteiger partial charge in [0.2, 0.25) is 0 Å². The van der Waals surface area contributed by atoms with Crippen LogP contribution < -0.4 is 0 Å². The number of hydrogen-bond acceptors (Lipinski definition) is 1. The van der Waals surface area contributed by atoms with E-state index >= 15 is 0 Å². The van der Waals surface area contributed by atoms with Crippen molar-refractivity contribution < 1.29 is 9.13 Å². The second-order valence-corrected chi connectivity index (χ2v) is 1.27. The molecule has 0 rings (SSSR count). The maximum Gasteiger partial charge on any atom is 0.255 e. The van der Waals surface area contributed by atoms with Gasteiger partial charge in [0, 0.05) is 0 Å². The van der Waals surface area contributed by atoms with Crippen molar-refractivity contribution in [2.75, 3.05) is 0 Å². The second kappa shape index (κ2) is 3.09. The first kappa shape index (κ1) is 5.89. The molecular weight excluding hydrogens is 83.0 g/mol. The highest BCUT2D eigenvalue weighted by Gasteiger charge is 1.87. The van der Waals surface area contributed by atoms with Gasteiger partial charge in [-0.05, 0) is 13.8 Å². The van der Waals surface area contributed by atoms with E-state index in [2.05, 4.69) is 4.74 Å². The molecule has 0 atom stereocenters. The van der Waals surface area contributed by atoms with E-state index in [1.807, 2.05) is 0 Å². The molecule has 0 N–H and O–H groups in total. The van der Waals surface area contributed by atoms with Crippen molar-refractivity contribution in [3.63, 3.8) is 0 Å². The highest BCUT2D eigenvalue weighted by atomic mass is 19.1. The SMILES string of the molecule is CC(C)O[CH]F. The normalized spacial score (nSPS) is 10.0. The van der Waals surface area contributed by atoms with Crippen LogP contribution >= 0.6 is 0 Å². The summed E-state index contributed by atoms with van der Waals surface area (Å²) in [5.41, 5.74) is 0. The third-order valence-corrected chi connectivity index (χ3v) is 0.324. The molecule has 0 fully saturated rings. The van der Waals surface area contributed by atoms with E-state index in [9.17, 15) is 4.39 Å². The van der Waals surface area contributed by atoms with Crippen LogP contribution in [0.4, 0.5) is 4.39 Å². The fraction of sp³-hybridized carbons (Fsp3) is 0.750. The highest BCUT2D eigenvalue weighted by Crippen LogP contribution is 1.89. The second-order valence-electron chi connectivity index (χ2n) is 1.27. The molecule has 0 amide bonds. The van der Waals surface area contributed by atoms with Crippen LogP contribution in [0.1, 0.15) is 13.8 Å². The summed E-state index contributed by atoms with van der Waals surface area (Å²) in [6, 6.07) is 0. The van der Waals surface area contributed by atoms with Crippen molar-refractivity contribution in [3.05, 3.63) is 6.86 Å². The van der Waals surface area contributed by atoms with Crippen LogP contribution in [0, 0.1) is 6.86 Å². The minimum atomic E-state index is -0.0324. The molecule has 0 unspecified atom stereocenters. The Morgan fingerprint density at radius 2 is 2.17 bits per heavy atom. The smallest absolute Gasteiger partial charge is 0.255 e. The van der Waals surface area contributed by atoms with Crippen molar-refractivity contribution in [1.82, 2.24) is 0 Å². The predicted molar refractivity (Wildman–Crippen MR) is 21.6 cm³/mol. The fourth-order valence-corrected chi connectivity index (χ4v) is 0.103. The molecular formula is C4H8FO. The Hall–Kier alpha value is -0.110. The number of halogens is 1. The lowest BCUT2D eigenvalue weighted by molar-refractivity contribution is 0.0814. The summed E-state index contributed by atoms with van der Waals surface area (Å²) < 4.78 is 15.1. The lowest BCUT2D eigenvalue weighted by Crippen LogP contribution is -1.95. The van der Waals surface area contributed by atoms with Gasteiger partial charge in [0.05, 0.1) is 6.10 Å². The summed E-state index contributed by atoms with van der Waals surface area (Å²) >= 11 is 0. The molecule has 2 heteroatoms. The molecule has 0 bridgehead atoms. The van der Waals surface area contributed by atoms with Gasteiger partial charge < -0.3 is 4.74 Å². The molecule has 6 heavy (non-hydrogen) atoms. The van der Waals surface area contributed by atoms with Crippen LogP contribution in [0.25, 0.3) is 0 Å². The van der Waals surface area contributed by atoms with Crippen LogP contribution in [0.3, 0.4) is 0 Å². The average Bonchev–Trinajstić information content (AvgIpc) is 1.35. The first-order valence-electron chi connectivity index (χ1n) is 1.84. The van der Waals surface area contributed by atoms with E-state index in [1.54, 1.807) is 13.8 Å². The molecule has 1 nitrogen and oxygen atoms in total. The standard InChI is InChI=1S/C4H8FO/c1-4(2)6-3-5/h3-4H,1-2H3. The molecule has 0 aromatic heterocycles. The largest absolute Gasteiger partial charge is 0.341 e. The molecule has 0 saturated heterocycles. The van der Waals surface area contributed by atoms with E-state index in [0.717, 1.165) is 0 Å². The Morgan fingerprint density at radius 1 is 1.67 bits per heavy atom. The van der Waals surface area contributed by atoms with E-state index < -0.39 is 0 Å². The molecule has 0 saturated carbocycles. The van der Waals surface area contributed by atoms with Gasteiger partial charge in [0.1, 0.15) is 0 Å². The molecule has 0 aliphatic rings. The van der Waals surface area contributed by atoms with Crippen molar-refractivity contribution in [3.8, 4) is 0 Å². The zero-order valence-electron chi connectivity index (χ0n) is 3.94. The first-order chi connectivity index (χ1) is 2.77. The molecule has 1 radical (unpaired) electrons. The van der Waals surface area contributed by atoms with Crippen LogP contribution in [-0.4, -0.2) is 6.10 Å². The Kier molecular flexibility index (Phi) is 3.04. The van der Waals surface area contributed by atoms with Gasteiger partial charge in [-0.3, -0.25) is 0 Å². The minimum Gasteiger partial charge on any atom is -0.341 e. The van der Waals surface area contributed by atoms with Crippen LogP contribution in [-0.2, 0) is 4.74 Å². The van der Waals surface area contributed by atoms with Gasteiger partial charge in [-0.25, -0.2) is 4.39 Å². The molecule has 0 heterocycles. The number of rotatable bonds is 2. The average molecular weight is 91.1 g/mol. The zero-order valence-corrected chi connectivity index (χ0v) is 3.94. The van der Waals surface area contributed by atoms with Crippen molar-refractivity contribution in [1.29, 1.82) is 0 Å². The monoisotopic (exact) mass is 91.1 g/mol. The Balaban J connectivity index is 2.63. The van der Waals surface area contributed by atoms with Crippen molar-refractivity contribution in [2.45, 2.75) is 20.0 Å². The molecule has 0 aromatic rings. The Bertz CT molecular complexity index is 28.7. The fourth-order valence-electron chi connectivity index (χ4n) is 0.103. The Morgan fingerprint density at radius 3 is 2.17 bits per heavy atom. The quantitative estimate of drug-likeness (QED) is 0.500. The summed E-state index contributed by atoms with van der Waals surface area (Å²) in [5.74, 6) is 0. The molecule has 0 aliphatic heterocycles. The van der Waals surface area contributed by atoms with E-state index in [1.165, 1.54) is 0 Å².